The third-order valence-corrected chi connectivity index (χ3v) is 4.73. The third-order valence-electron chi connectivity index (χ3n) is 4.73. The summed E-state index contributed by atoms with van der Waals surface area (Å²) in [4.78, 5) is 31.5. The summed E-state index contributed by atoms with van der Waals surface area (Å²) in [5.74, 6) is -0.209. The Hall–Kier alpha value is -4.46. The number of fused-ring (bicyclic) bond motifs is 2. The molecule has 160 valence electrons. The molecule has 0 atom stereocenters. The summed E-state index contributed by atoms with van der Waals surface area (Å²) in [6, 6.07) is 17.6. The van der Waals surface area contributed by atoms with Gasteiger partial charge in [-0.1, -0.05) is 43.0 Å². The molecule has 0 unspecified atom stereocenters. The van der Waals surface area contributed by atoms with Crippen molar-refractivity contribution >= 4 is 33.6 Å². The number of ether oxygens (including phenoxy) is 2. The van der Waals surface area contributed by atoms with Gasteiger partial charge in [-0.15, -0.1) is 0 Å². The Kier molecular flexibility index (Phi) is 5.67. The van der Waals surface area contributed by atoms with Crippen molar-refractivity contribution in [2.45, 2.75) is 0 Å². The number of para-hydroxylation sites is 2. The molecule has 0 spiro atoms. The molecule has 32 heavy (non-hydrogen) atoms. The van der Waals surface area contributed by atoms with E-state index in [1.165, 1.54) is 0 Å². The maximum atomic E-state index is 11.5. The number of hydrogen-bond acceptors (Lipinski definition) is 6. The topological polar surface area (TPSA) is 130 Å². The van der Waals surface area contributed by atoms with Crippen LogP contribution in [0.15, 0.2) is 72.8 Å². The van der Waals surface area contributed by atoms with Gasteiger partial charge in [-0.05, 0) is 29.8 Å². The maximum Gasteiger partial charge on any atom is 0.267 e. The van der Waals surface area contributed by atoms with Gasteiger partial charge in [-0.25, -0.2) is 9.97 Å². The molecular formula is C24H20N4O4. The van der Waals surface area contributed by atoms with Gasteiger partial charge in [-0.2, -0.15) is 0 Å². The smallest absolute Gasteiger partial charge is 0.267 e. The van der Waals surface area contributed by atoms with Gasteiger partial charge in [0.15, 0.2) is 0 Å². The van der Waals surface area contributed by atoms with Crippen LogP contribution in [0.3, 0.4) is 0 Å². The Morgan fingerprint density at radius 2 is 1.16 bits per heavy atom. The Bertz CT molecular complexity index is 1260. The molecule has 0 saturated carbocycles. The summed E-state index contributed by atoms with van der Waals surface area (Å²) >= 11 is 0. The maximum absolute atomic E-state index is 11.5. The minimum Gasteiger partial charge on any atom is -0.487 e. The highest BCUT2D eigenvalue weighted by atomic mass is 16.5. The minimum atomic E-state index is -0.609. The van der Waals surface area contributed by atoms with Crippen molar-refractivity contribution in [1.29, 1.82) is 0 Å². The Morgan fingerprint density at radius 1 is 0.719 bits per heavy atom. The molecule has 8 nitrogen and oxygen atoms in total. The Morgan fingerprint density at radius 3 is 1.56 bits per heavy atom. The van der Waals surface area contributed by atoms with Crippen molar-refractivity contribution in [1.82, 2.24) is 9.97 Å². The molecule has 4 rings (SSSR count). The molecule has 2 amide bonds. The zero-order chi connectivity index (χ0) is 22.7. The number of nitrogens with zero attached hydrogens (tertiary/aromatic N) is 2. The van der Waals surface area contributed by atoms with Crippen molar-refractivity contribution < 1.29 is 19.1 Å². The largest absolute Gasteiger partial charge is 0.487 e. The first-order valence-corrected chi connectivity index (χ1v) is 9.74. The van der Waals surface area contributed by atoms with E-state index in [4.69, 9.17) is 20.9 Å². The van der Waals surface area contributed by atoms with Crippen molar-refractivity contribution in [2.75, 3.05) is 13.2 Å². The summed E-state index contributed by atoms with van der Waals surface area (Å²) in [7, 11) is 0. The van der Waals surface area contributed by atoms with Crippen LogP contribution in [0, 0.1) is 0 Å². The lowest BCUT2D eigenvalue weighted by atomic mass is 10.2. The zero-order valence-corrected chi connectivity index (χ0v) is 17.1. The monoisotopic (exact) mass is 428 g/mol. The lowest BCUT2D eigenvalue weighted by molar-refractivity contribution is 0.0987. The van der Waals surface area contributed by atoms with Crippen molar-refractivity contribution in [2.24, 2.45) is 11.5 Å². The van der Waals surface area contributed by atoms with E-state index in [1.54, 1.807) is 36.4 Å². The normalized spacial score (nSPS) is 10.8. The quantitative estimate of drug-likeness (QED) is 0.415. The summed E-state index contributed by atoms with van der Waals surface area (Å²) in [5.41, 5.74) is 12.7. The lowest BCUT2D eigenvalue weighted by Gasteiger charge is -2.13. The average molecular weight is 428 g/mol. The molecule has 8 heteroatoms. The van der Waals surface area contributed by atoms with Gasteiger partial charge in [-0.3, -0.25) is 9.59 Å². The van der Waals surface area contributed by atoms with E-state index in [9.17, 15) is 9.59 Å². The SMILES string of the molecule is C=C(COc1cccc2ccc(C(N)=O)nc12)COc1cccc2ccc(C(N)=O)nc12. The number of rotatable bonds is 8. The van der Waals surface area contributed by atoms with Crippen LogP contribution in [0.25, 0.3) is 21.8 Å². The van der Waals surface area contributed by atoms with Crippen molar-refractivity contribution in [3.63, 3.8) is 0 Å². The minimum absolute atomic E-state index is 0.162. The highest BCUT2D eigenvalue weighted by molar-refractivity contribution is 5.95. The van der Waals surface area contributed by atoms with Crippen LogP contribution >= 0.6 is 0 Å². The first kappa shape index (κ1) is 20.8. The van der Waals surface area contributed by atoms with Crippen LogP contribution in [-0.2, 0) is 0 Å². The van der Waals surface area contributed by atoms with Crippen LogP contribution in [-0.4, -0.2) is 35.0 Å². The second-order valence-corrected chi connectivity index (χ2v) is 7.10. The number of aromatic nitrogens is 2. The number of primary amides is 2. The van der Waals surface area contributed by atoms with Crippen LogP contribution in [0.5, 0.6) is 11.5 Å². The van der Waals surface area contributed by atoms with Gasteiger partial charge in [0.05, 0.1) is 0 Å². The van der Waals surface area contributed by atoms with Gasteiger partial charge in [0.2, 0.25) is 0 Å². The second kappa shape index (κ2) is 8.73. The molecule has 0 bridgehead atoms. The molecule has 2 heterocycles. The van der Waals surface area contributed by atoms with E-state index in [2.05, 4.69) is 16.5 Å². The van der Waals surface area contributed by atoms with Crippen LogP contribution in [0.4, 0.5) is 0 Å². The summed E-state index contributed by atoms with van der Waals surface area (Å²) in [5, 5.41) is 1.64. The number of hydrogen-bond donors (Lipinski definition) is 2. The average Bonchev–Trinajstić information content (AvgIpc) is 2.80. The van der Waals surface area contributed by atoms with E-state index >= 15 is 0 Å². The first-order chi connectivity index (χ1) is 15.4. The van der Waals surface area contributed by atoms with Gasteiger partial charge in [0.25, 0.3) is 11.8 Å². The predicted molar refractivity (Wildman–Crippen MR) is 121 cm³/mol. The standard InChI is InChI=1S/C24H20N4O4/c1-14(12-31-19-6-2-4-15-8-10-17(23(25)29)27-21(15)19)13-32-20-7-3-5-16-9-11-18(24(26)30)28-22(16)20/h2-11H,1,12-13H2,(H2,25,29)(H2,26,30). The van der Waals surface area contributed by atoms with E-state index in [0.717, 1.165) is 10.8 Å². The zero-order valence-electron chi connectivity index (χ0n) is 17.1. The van der Waals surface area contributed by atoms with Gasteiger partial charge in [0, 0.05) is 10.8 Å². The fourth-order valence-electron chi connectivity index (χ4n) is 3.15. The molecule has 2 aromatic carbocycles. The van der Waals surface area contributed by atoms with Gasteiger partial charge >= 0.3 is 0 Å². The molecule has 2 aromatic heterocycles. The molecule has 0 aliphatic rings. The predicted octanol–water partition coefficient (Wildman–Crippen LogP) is 2.99. The first-order valence-electron chi connectivity index (χ1n) is 9.74. The molecular weight excluding hydrogens is 408 g/mol. The molecule has 0 aliphatic carbocycles. The van der Waals surface area contributed by atoms with Crippen molar-refractivity contribution in [3.8, 4) is 11.5 Å². The van der Waals surface area contributed by atoms with Crippen LogP contribution in [0.1, 0.15) is 21.0 Å². The van der Waals surface area contributed by atoms with Gasteiger partial charge in [0.1, 0.15) is 47.1 Å². The van der Waals surface area contributed by atoms with Gasteiger partial charge < -0.3 is 20.9 Å². The molecule has 4 aromatic rings. The van der Waals surface area contributed by atoms with E-state index < -0.39 is 11.8 Å². The Balaban J connectivity index is 1.46. The van der Waals surface area contributed by atoms with Crippen LogP contribution < -0.4 is 20.9 Å². The number of carbonyl (C=O) groups excluding carboxylic acids is 2. The third kappa shape index (κ3) is 4.34. The Labute approximate surface area is 183 Å². The number of amides is 2. The molecule has 0 radical (unpaired) electrons. The van der Waals surface area contributed by atoms with Crippen molar-refractivity contribution in [3.05, 3.63) is 84.2 Å². The number of pyridine rings is 2. The van der Waals surface area contributed by atoms with E-state index in [1.807, 2.05) is 24.3 Å². The van der Waals surface area contributed by atoms with E-state index in [0.29, 0.717) is 28.1 Å². The van der Waals surface area contributed by atoms with E-state index in [-0.39, 0.29) is 24.6 Å². The summed E-state index contributed by atoms with van der Waals surface area (Å²) < 4.78 is 11.7. The lowest BCUT2D eigenvalue weighted by Crippen LogP contribution is -2.13. The summed E-state index contributed by atoms with van der Waals surface area (Å²) in [6.07, 6.45) is 0. The number of benzene rings is 2. The molecule has 4 N–H and O–H groups in total. The second-order valence-electron chi connectivity index (χ2n) is 7.10. The van der Waals surface area contributed by atoms with Crippen LogP contribution in [0.2, 0.25) is 0 Å². The number of nitrogens with two attached hydrogens (primary N) is 2. The molecule has 0 fully saturated rings. The fraction of sp³-hybridized carbons (Fsp3) is 0.0833. The summed E-state index contributed by atoms with van der Waals surface area (Å²) in [6.45, 7) is 4.34. The fourth-order valence-corrected chi connectivity index (χ4v) is 3.15. The molecule has 0 aliphatic heterocycles. The number of carbonyl (C=O) groups is 2. The highest BCUT2D eigenvalue weighted by Crippen LogP contribution is 2.26. The highest BCUT2D eigenvalue weighted by Gasteiger charge is 2.11. The molecule has 0 saturated heterocycles.